The lowest BCUT2D eigenvalue weighted by molar-refractivity contribution is -0.158. The van der Waals surface area contributed by atoms with Crippen LogP contribution in [0.2, 0.25) is 0 Å². The summed E-state index contributed by atoms with van der Waals surface area (Å²) in [5.41, 5.74) is 0. The predicted molar refractivity (Wildman–Crippen MR) is 43.9 cm³/mol. The maximum atomic E-state index is 10.8. The molecule has 14 heavy (non-hydrogen) atoms. The van der Waals surface area contributed by atoms with Crippen LogP contribution in [0, 0.1) is 0 Å². The average molecular weight is 224 g/mol. The molecule has 0 aliphatic carbocycles. The largest absolute Gasteiger partial charge is 0.527 e. The molecule has 0 rings (SSSR count). The third kappa shape index (κ3) is 5.47. The first-order chi connectivity index (χ1) is 6.26. The highest BCUT2D eigenvalue weighted by Crippen LogP contribution is 2.36. The van der Waals surface area contributed by atoms with E-state index < -0.39 is 25.9 Å². The predicted octanol–water partition coefficient (Wildman–Crippen LogP) is -0.260. The average Bonchev–Trinajstić information content (AvgIpc) is 2.00. The van der Waals surface area contributed by atoms with Crippen LogP contribution in [0.4, 0.5) is 0 Å². The Morgan fingerprint density at radius 3 is 2.36 bits per heavy atom. The molecule has 0 aromatic carbocycles. The molecule has 0 saturated carbocycles. The summed E-state index contributed by atoms with van der Waals surface area (Å²) >= 11 is 0. The molecular weight excluding hydrogens is 215 g/mol. The Balaban J connectivity index is 4.20. The maximum absolute atomic E-state index is 10.8. The number of hydrogen-bond donors (Lipinski definition) is 2. The topological polar surface area (TPSA) is 110 Å². The quantitative estimate of drug-likeness (QED) is 0.384. The second kappa shape index (κ2) is 4.90. The summed E-state index contributed by atoms with van der Waals surface area (Å²) in [5.74, 6) is -2.21. The molecule has 0 aromatic rings. The van der Waals surface area contributed by atoms with E-state index in [0.717, 1.165) is 13.0 Å². The van der Waals surface area contributed by atoms with Gasteiger partial charge in [0.15, 0.2) is 6.10 Å². The van der Waals surface area contributed by atoms with Crippen LogP contribution in [-0.2, 0) is 23.4 Å². The van der Waals surface area contributed by atoms with Crippen molar-refractivity contribution in [1.29, 1.82) is 0 Å². The van der Waals surface area contributed by atoms with Crippen molar-refractivity contribution in [3.63, 3.8) is 0 Å². The first-order valence-corrected chi connectivity index (χ1v) is 4.91. The van der Waals surface area contributed by atoms with Crippen molar-refractivity contribution in [2.75, 3.05) is 0 Å². The molecule has 0 heterocycles. The van der Waals surface area contributed by atoms with E-state index in [1.807, 2.05) is 0 Å². The summed E-state index contributed by atoms with van der Waals surface area (Å²) in [6.45, 7) is 4.18. The van der Waals surface area contributed by atoms with Crippen LogP contribution in [0.15, 0.2) is 12.7 Å². The Morgan fingerprint density at radius 1 is 1.50 bits per heavy atom. The van der Waals surface area contributed by atoms with Crippen LogP contribution < -0.4 is 0 Å². The zero-order valence-electron chi connectivity index (χ0n) is 7.24. The van der Waals surface area contributed by atoms with Gasteiger partial charge in [0, 0.05) is 6.08 Å². The Kier molecular flexibility index (Phi) is 4.49. The van der Waals surface area contributed by atoms with Gasteiger partial charge in [0.05, 0.1) is 0 Å². The molecule has 0 spiro atoms. The maximum Gasteiger partial charge on any atom is 0.527 e. The van der Waals surface area contributed by atoms with Crippen molar-refractivity contribution >= 4 is 19.8 Å². The number of rotatable bonds is 4. The van der Waals surface area contributed by atoms with Crippen molar-refractivity contribution in [1.82, 2.24) is 0 Å². The van der Waals surface area contributed by atoms with E-state index in [9.17, 15) is 14.2 Å². The van der Waals surface area contributed by atoms with Gasteiger partial charge in [-0.2, -0.15) is 0 Å². The third-order valence-corrected chi connectivity index (χ3v) is 1.42. The van der Waals surface area contributed by atoms with Gasteiger partial charge < -0.3 is 9.26 Å². The number of esters is 1. The van der Waals surface area contributed by atoms with E-state index in [-0.39, 0.29) is 0 Å². The Bertz CT molecular complexity index is 291. The number of hydrogen-bond acceptors (Lipinski definition) is 5. The monoisotopic (exact) mass is 224 g/mol. The Labute approximate surface area is 79.6 Å². The molecule has 2 N–H and O–H groups in total. The molecule has 0 radical (unpaired) electrons. The summed E-state index contributed by atoms with van der Waals surface area (Å²) < 4.78 is 18.2. The summed E-state index contributed by atoms with van der Waals surface area (Å²) in [6, 6.07) is 0. The Hall–Kier alpha value is -1.17. The zero-order valence-corrected chi connectivity index (χ0v) is 8.14. The fraction of sp³-hybridized carbons (Fsp3) is 0.333. The molecule has 1 atom stereocenters. The summed E-state index contributed by atoms with van der Waals surface area (Å²) in [5, 5.41) is 0. The highest BCUT2D eigenvalue weighted by atomic mass is 31.2. The van der Waals surface area contributed by atoms with Crippen LogP contribution in [0.25, 0.3) is 0 Å². The number of phosphoric acid groups is 1. The van der Waals surface area contributed by atoms with Crippen molar-refractivity contribution in [2.24, 2.45) is 0 Å². The van der Waals surface area contributed by atoms with Crippen LogP contribution in [0.5, 0.6) is 0 Å². The summed E-state index contributed by atoms with van der Waals surface area (Å²) in [6.07, 6.45) is -0.588. The van der Waals surface area contributed by atoms with E-state index in [4.69, 9.17) is 9.79 Å². The molecule has 1 unspecified atom stereocenters. The molecule has 0 bridgehead atoms. The first-order valence-electron chi connectivity index (χ1n) is 3.38. The third-order valence-electron chi connectivity index (χ3n) is 1.00. The van der Waals surface area contributed by atoms with E-state index >= 15 is 0 Å². The number of ether oxygens (including phenoxy) is 1. The fourth-order valence-corrected chi connectivity index (χ4v) is 0.845. The minimum atomic E-state index is -4.89. The molecule has 0 aliphatic heterocycles. The van der Waals surface area contributed by atoms with Crippen LogP contribution in [0.1, 0.15) is 6.92 Å². The number of carbonyl (C=O) groups excluding carboxylic acids is 2. The second-order valence-electron chi connectivity index (χ2n) is 2.18. The minimum Gasteiger partial charge on any atom is -0.447 e. The van der Waals surface area contributed by atoms with Crippen molar-refractivity contribution in [3.05, 3.63) is 12.7 Å². The van der Waals surface area contributed by atoms with Crippen molar-refractivity contribution in [2.45, 2.75) is 13.0 Å². The molecule has 0 aromatic heterocycles. The van der Waals surface area contributed by atoms with Crippen molar-refractivity contribution < 1.29 is 33.2 Å². The van der Waals surface area contributed by atoms with Gasteiger partial charge in [0.1, 0.15) is 0 Å². The summed E-state index contributed by atoms with van der Waals surface area (Å²) in [4.78, 5) is 37.8. The first kappa shape index (κ1) is 12.8. The molecule has 0 saturated heterocycles. The number of carbonyl (C=O) groups is 2. The molecule has 0 amide bonds. The molecule has 80 valence electrons. The van der Waals surface area contributed by atoms with Gasteiger partial charge in [-0.1, -0.05) is 6.58 Å². The van der Waals surface area contributed by atoms with Gasteiger partial charge in [-0.15, -0.1) is 0 Å². The standard InChI is InChI=1S/C6H9O7P/c1-3-5(7)12-4(2)6(8)13-14(9,10)11/h3-4H,1H2,2H3,(H2,9,10,11). The van der Waals surface area contributed by atoms with Gasteiger partial charge in [-0.25, -0.2) is 14.2 Å². The van der Waals surface area contributed by atoms with E-state index in [1.54, 1.807) is 0 Å². The SMILES string of the molecule is C=CC(=O)OC(C)C(=O)OP(=O)(O)O. The van der Waals surface area contributed by atoms with Gasteiger partial charge in [-0.05, 0) is 6.92 Å². The van der Waals surface area contributed by atoms with Crippen LogP contribution >= 0.6 is 7.82 Å². The normalized spacial score (nSPS) is 12.8. The zero-order chi connectivity index (χ0) is 11.4. The molecule has 7 nitrogen and oxygen atoms in total. The van der Waals surface area contributed by atoms with E-state index in [0.29, 0.717) is 0 Å². The lowest BCUT2D eigenvalue weighted by Crippen LogP contribution is -2.24. The van der Waals surface area contributed by atoms with Crippen LogP contribution in [-0.4, -0.2) is 27.8 Å². The molecule has 0 fully saturated rings. The van der Waals surface area contributed by atoms with Gasteiger partial charge in [0.25, 0.3) is 0 Å². The Morgan fingerprint density at radius 2 is 2.00 bits per heavy atom. The smallest absolute Gasteiger partial charge is 0.447 e. The highest BCUT2D eigenvalue weighted by Gasteiger charge is 2.26. The lowest BCUT2D eigenvalue weighted by atomic mass is 10.4. The number of phosphoric ester groups is 1. The van der Waals surface area contributed by atoms with Crippen LogP contribution in [0.3, 0.4) is 0 Å². The molecule has 0 aliphatic rings. The fourth-order valence-electron chi connectivity index (χ4n) is 0.462. The van der Waals surface area contributed by atoms with Crippen molar-refractivity contribution in [3.8, 4) is 0 Å². The van der Waals surface area contributed by atoms with Gasteiger partial charge in [0.2, 0.25) is 0 Å². The van der Waals surface area contributed by atoms with Gasteiger partial charge >= 0.3 is 19.8 Å². The second-order valence-corrected chi connectivity index (χ2v) is 3.35. The minimum absolute atomic E-state index is 0.807. The summed E-state index contributed by atoms with van der Waals surface area (Å²) in [7, 11) is -4.89. The van der Waals surface area contributed by atoms with E-state index in [2.05, 4.69) is 15.8 Å². The molecule has 8 heteroatoms. The van der Waals surface area contributed by atoms with Gasteiger partial charge in [-0.3, -0.25) is 9.79 Å². The lowest BCUT2D eigenvalue weighted by Gasteiger charge is -2.11. The molecular formula is C6H9O7P. The van der Waals surface area contributed by atoms with E-state index in [1.165, 1.54) is 0 Å². The highest BCUT2D eigenvalue weighted by molar-refractivity contribution is 7.46.